The van der Waals surface area contributed by atoms with Gasteiger partial charge < -0.3 is 10.6 Å². The first-order valence-corrected chi connectivity index (χ1v) is 7.67. The number of hydrogen-bond acceptors (Lipinski definition) is 2. The molecule has 2 N–H and O–H groups in total. The first-order chi connectivity index (χ1) is 9.51. The third-order valence-corrected chi connectivity index (χ3v) is 4.78. The van der Waals surface area contributed by atoms with Gasteiger partial charge in [-0.3, -0.25) is 4.79 Å². The highest BCUT2D eigenvalue weighted by molar-refractivity contribution is 5.91. The maximum Gasteiger partial charge on any atom is 0.233 e. The van der Waals surface area contributed by atoms with Crippen LogP contribution in [0.3, 0.4) is 0 Å². The molecule has 0 spiro atoms. The van der Waals surface area contributed by atoms with Gasteiger partial charge in [-0.1, -0.05) is 26.0 Å². The molecule has 1 heterocycles. The first kappa shape index (κ1) is 13.5. The number of carbonyl (C=O) groups is 1. The Hall–Kier alpha value is -1.51. The summed E-state index contributed by atoms with van der Waals surface area (Å²) in [5, 5.41) is 0. The maximum absolute atomic E-state index is 13.0. The Balaban J connectivity index is 1.81. The van der Waals surface area contributed by atoms with Crippen molar-refractivity contribution in [2.24, 2.45) is 11.8 Å². The third kappa shape index (κ3) is 2.30. The van der Waals surface area contributed by atoms with Crippen molar-refractivity contribution < 1.29 is 4.79 Å². The number of nitrogens with zero attached hydrogens (tertiary/aromatic N) is 1. The number of hydrogen-bond donors (Lipinski definition) is 1. The second-order valence-electron chi connectivity index (χ2n) is 6.86. The molecule has 0 radical (unpaired) electrons. The SMILES string of the molecule is CC1CC(C)CN(C(=O)C2(c3ccc(N)cc3)CC2)C1. The molecule has 1 aromatic carbocycles. The lowest BCUT2D eigenvalue weighted by molar-refractivity contribution is -0.136. The smallest absolute Gasteiger partial charge is 0.233 e. The van der Waals surface area contributed by atoms with Crippen molar-refractivity contribution >= 4 is 11.6 Å². The summed E-state index contributed by atoms with van der Waals surface area (Å²) in [7, 11) is 0. The zero-order chi connectivity index (χ0) is 14.3. The number of carbonyl (C=O) groups excluding carboxylic acids is 1. The molecule has 1 aliphatic carbocycles. The minimum Gasteiger partial charge on any atom is -0.399 e. The zero-order valence-corrected chi connectivity index (χ0v) is 12.4. The lowest BCUT2D eigenvalue weighted by Gasteiger charge is -2.37. The normalized spacial score (nSPS) is 28.2. The van der Waals surface area contributed by atoms with E-state index in [-0.39, 0.29) is 5.41 Å². The molecule has 1 saturated carbocycles. The van der Waals surface area contributed by atoms with Crippen LogP contribution in [0.1, 0.15) is 38.7 Å². The van der Waals surface area contributed by atoms with E-state index in [9.17, 15) is 4.79 Å². The van der Waals surface area contributed by atoms with Crippen molar-refractivity contribution in [3.05, 3.63) is 29.8 Å². The van der Waals surface area contributed by atoms with Crippen molar-refractivity contribution in [2.45, 2.75) is 38.5 Å². The van der Waals surface area contributed by atoms with E-state index in [1.54, 1.807) is 0 Å². The minimum atomic E-state index is -0.246. The highest BCUT2D eigenvalue weighted by Crippen LogP contribution is 2.50. The second-order valence-corrected chi connectivity index (χ2v) is 6.86. The van der Waals surface area contributed by atoms with E-state index in [0.29, 0.717) is 17.7 Å². The van der Waals surface area contributed by atoms with Crippen LogP contribution in [-0.4, -0.2) is 23.9 Å². The molecule has 3 heteroatoms. The van der Waals surface area contributed by atoms with E-state index in [4.69, 9.17) is 5.73 Å². The van der Waals surface area contributed by atoms with E-state index in [1.807, 2.05) is 24.3 Å². The van der Waals surface area contributed by atoms with Crippen LogP contribution >= 0.6 is 0 Å². The molecule has 2 aliphatic rings. The van der Waals surface area contributed by atoms with E-state index in [2.05, 4.69) is 18.7 Å². The van der Waals surface area contributed by atoms with Crippen molar-refractivity contribution in [1.29, 1.82) is 0 Å². The number of benzene rings is 1. The number of rotatable bonds is 2. The lowest BCUT2D eigenvalue weighted by Crippen LogP contribution is -2.47. The van der Waals surface area contributed by atoms with Crippen LogP contribution in [0.25, 0.3) is 0 Å². The monoisotopic (exact) mass is 272 g/mol. The van der Waals surface area contributed by atoms with E-state index < -0.39 is 0 Å². The van der Waals surface area contributed by atoms with Gasteiger partial charge in [0.1, 0.15) is 0 Å². The molecule has 1 saturated heterocycles. The molecule has 1 aromatic rings. The van der Waals surface area contributed by atoms with Crippen LogP contribution in [0, 0.1) is 11.8 Å². The molecule has 2 unspecified atom stereocenters. The molecule has 1 amide bonds. The van der Waals surface area contributed by atoms with Gasteiger partial charge in [-0.05, 0) is 48.8 Å². The first-order valence-electron chi connectivity index (χ1n) is 7.67. The fourth-order valence-corrected chi connectivity index (χ4v) is 3.68. The zero-order valence-electron chi connectivity index (χ0n) is 12.4. The molecule has 1 aliphatic heterocycles. The summed E-state index contributed by atoms with van der Waals surface area (Å²) in [4.78, 5) is 15.1. The predicted octanol–water partition coefficient (Wildman–Crippen LogP) is 2.80. The number of nitrogen functional groups attached to an aromatic ring is 1. The Morgan fingerprint density at radius 2 is 1.70 bits per heavy atom. The molecule has 0 aromatic heterocycles. The van der Waals surface area contributed by atoms with Crippen LogP contribution in [0.15, 0.2) is 24.3 Å². The predicted molar refractivity (Wildman–Crippen MR) is 81.3 cm³/mol. The van der Waals surface area contributed by atoms with Crippen LogP contribution in [0.5, 0.6) is 0 Å². The molecule has 20 heavy (non-hydrogen) atoms. The molecule has 108 valence electrons. The number of likely N-dealkylation sites (tertiary alicyclic amines) is 1. The van der Waals surface area contributed by atoms with Crippen LogP contribution in [0.4, 0.5) is 5.69 Å². The lowest BCUT2D eigenvalue weighted by atomic mass is 9.88. The van der Waals surface area contributed by atoms with E-state index in [1.165, 1.54) is 6.42 Å². The number of nitrogens with two attached hydrogens (primary N) is 1. The average molecular weight is 272 g/mol. The molecule has 0 bridgehead atoms. The van der Waals surface area contributed by atoms with Crippen LogP contribution in [-0.2, 0) is 10.2 Å². The summed E-state index contributed by atoms with van der Waals surface area (Å²) in [5.74, 6) is 1.57. The van der Waals surface area contributed by atoms with Gasteiger partial charge in [-0.2, -0.15) is 0 Å². The fraction of sp³-hybridized carbons (Fsp3) is 0.588. The number of amides is 1. The van der Waals surface area contributed by atoms with Crippen LogP contribution in [0.2, 0.25) is 0 Å². The van der Waals surface area contributed by atoms with Crippen molar-refractivity contribution in [2.75, 3.05) is 18.8 Å². The average Bonchev–Trinajstić information content (AvgIpc) is 3.19. The molecule has 2 fully saturated rings. The highest BCUT2D eigenvalue weighted by atomic mass is 16.2. The Kier molecular flexibility index (Phi) is 3.23. The quantitative estimate of drug-likeness (QED) is 0.841. The van der Waals surface area contributed by atoms with Gasteiger partial charge in [0.25, 0.3) is 0 Å². The molecule has 2 atom stereocenters. The van der Waals surface area contributed by atoms with E-state index in [0.717, 1.165) is 37.2 Å². The summed E-state index contributed by atoms with van der Waals surface area (Å²) in [6, 6.07) is 7.86. The third-order valence-electron chi connectivity index (χ3n) is 4.78. The fourth-order valence-electron chi connectivity index (χ4n) is 3.68. The van der Waals surface area contributed by atoms with Gasteiger partial charge in [0, 0.05) is 18.8 Å². The molecular formula is C17H24N2O. The summed E-state index contributed by atoms with van der Waals surface area (Å²) in [5.41, 5.74) is 7.41. The van der Waals surface area contributed by atoms with Gasteiger partial charge in [0.2, 0.25) is 5.91 Å². The summed E-state index contributed by atoms with van der Waals surface area (Å²) < 4.78 is 0. The van der Waals surface area contributed by atoms with Gasteiger partial charge in [0.05, 0.1) is 5.41 Å². The van der Waals surface area contributed by atoms with Gasteiger partial charge in [0.15, 0.2) is 0 Å². The summed E-state index contributed by atoms with van der Waals surface area (Å²) in [6.07, 6.45) is 3.20. The topological polar surface area (TPSA) is 46.3 Å². The number of anilines is 1. The summed E-state index contributed by atoms with van der Waals surface area (Å²) >= 11 is 0. The Morgan fingerprint density at radius 1 is 1.15 bits per heavy atom. The van der Waals surface area contributed by atoms with E-state index >= 15 is 0 Å². The Morgan fingerprint density at radius 3 is 2.20 bits per heavy atom. The van der Waals surface area contributed by atoms with Gasteiger partial charge in [-0.25, -0.2) is 0 Å². The maximum atomic E-state index is 13.0. The van der Waals surface area contributed by atoms with Crippen molar-refractivity contribution in [3.8, 4) is 0 Å². The summed E-state index contributed by atoms with van der Waals surface area (Å²) in [6.45, 7) is 6.33. The van der Waals surface area contributed by atoms with Gasteiger partial charge in [-0.15, -0.1) is 0 Å². The Labute approximate surface area is 121 Å². The largest absolute Gasteiger partial charge is 0.399 e. The molecular weight excluding hydrogens is 248 g/mol. The van der Waals surface area contributed by atoms with Crippen molar-refractivity contribution in [1.82, 2.24) is 4.90 Å². The molecule has 3 nitrogen and oxygen atoms in total. The van der Waals surface area contributed by atoms with Gasteiger partial charge >= 0.3 is 0 Å². The second kappa shape index (κ2) is 4.80. The highest BCUT2D eigenvalue weighted by Gasteiger charge is 2.53. The number of piperidine rings is 1. The van der Waals surface area contributed by atoms with Crippen molar-refractivity contribution in [3.63, 3.8) is 0 Å². The molecule has 3 rings (SSSR count). The Bertz CT molecular complexity index is 494. The minimum absolute atomic E-state index is 0.246. The van der Waals surface area contributed by atoms with Crippen LogP contribution < -0.4 is 5.73 Å². The standard InChI is InChI=1S/C17H24N2O/c1-12-9-13(2)11-19(10-12)16(20)17(7-8-17)14-3-5-15(18)6-4-14/h3-6,12-13H,7-11,18H2,1-2H3.